The topological polar surface area (TPSA) is 48.7 Å². The monoisotopic (exact) mass is 379 g/mol. The molecule has 3 atom stereocenters. The molecule has 1 aromatic carbocycles. The number of aromatic hydroxyl groups is 1. The summed E-state index contributed by atoms with van der Waals surface area (Å²) in [7, 11) is 0. The van der Waals surface area contributed by atoms with E-state index in [0.29, 0.717) is 5.25 Å². The second-order valence-electron chi connectivity index (χ2n) is 5.97. The molecule has 2 aliphatic rings. The van der Waals surface area contributed by atoms with Crippen LogP contribution < -0.4 is 0 Å². The maximum Gasteiger partial charge on any atom is 0.160 e. The molecule has 0 saturated carbocycles. The molecule has 4 rings (SSSR count). The zero-order chi connectivity index (χ0) is 16.8. The van der Waals surface area contributed by atoms with Crippen molar-refractivity contribution < 1.29 is 5.11 Å². The lowest BCUT2D eigenvalue weighted by Crippen LogP contribution is -2.28. The van der Waals surface area contributed by atoms with Crippen molar-refractivity contribution in [3.8, 4) is 5.75 Å². The van der Waals surface area contributed by atoms with Gasteiger partial charge in [-0.1, -0.05) is 48.0 Å². The number of rotatable bonds is 2. The third kappa shape index (κ3) is 2.65. The maximum absolute atomic E-state index is 9.86. The Kier molecular flexibility index (Phi) is 4.11. The van der Waals surface area contributed by atoms with Crippen LogP contribution in [0.25, 0.3) is 0 Å². The molecule has 1 saturated heterocycles. The zero-order valence-corrected chi connectivity index (χ0v) is 15.2. The first-order chi connectivity index (χ1) is 11.5. The van der Waals surface area contributed by atoms with E-state index < -0.39 is 0 Å². The average molecular weight is 380 g/mol. The molecule has 0 aliphatic carbocycles. The molecule has 0 spiro atoms. The minimum atomic E-state index is -0.113. The molecule has 124 valence electrons. The van der Waals surface area contributed by atoms with Crippen LogP contribution in [0.2, 0.25) is 10.0 Å². The molecule has 2 aromatic rings. The van der Waals surface area contributed by atoms with Crippen molar-refractivity contribution in [3.05, 3.63) is 57.8 Å². The van der Waals surface area contributed by atoms with Gasteiger partial charge in [0.15, 0.2) is 10.9 Å². The van der Waals surface area contributed by atoms with Crippen LogP contribution in [0.1, 0.15) is 30.3 Å². The number of aromatic nitrogens is 1. The second kappa shape index (κ2) is 6.14. The molecule has 0 radical (unpaired) electrons. The normalized spacial score (nSPS) is 25.7. The van der Waals surface area contributed by atoms with Crippen molar-refractivity contribution in [2.75, 3.05) is 6.54 Å². The summed E-state index contributed by atoms with van der Waals surface area (Å²) in [6.07, 6.45) is 1.78. The lowest BCUT2D eigenvalue weighted by atomic mass is 9.96. The zero-order valence-electron chi connectivity index (χ0n) is 12.9. The summed E-state index contributed by atoms with van der Waals surface area (Å²) in [5, 5.41) is 11.9. The molecule has 2 aliphatic heterocycles. The molecule has 1 aromatic heterocycles. The molecule has 1 N–H and O–H groups in total. The van der Waals surface area contributed by atoms with E-state index in [1.165, 1.54) is 0 Å². The summed E-state index contributed by atoms with van der Waals surface area (Å²) in [4.78, 5) is 11.7. The van der Waals surface area contributed by atoms with Crippen molar-refractivity contribution in [1.29, 1.82) is 0 Å². The van der Waals surface area contributed by atoms with E-state index in [0.717, 1.165) is 23.0 Å². The van der Waals surface area contributed by atoms with Crippen LogP contribution in [0.15, 0.2) is 41.5 Å². The number of phenols is 1. The van der Waals surface area contributed by atoms with Gasteiger partial charge < -0.3 is 10.0 Å². The Morgan fingerprint density at radius 1 is 1.25 bits per heavy atom. The minimum Gasteiger partial charge on any atom is -0.505 e. The first kappa shape index (κ1) is 16.1. The number of phenolic OH excluding ortho intramolecular Hbond substituents is 1. The van der Waals surface area contributed by atoms with Gasteiger partial charge >= 0.3 is 0 Å². The fraction of sp³-hybridized carbons (Fsp3) is 0.294. The fourth-order valence-electron chi connectivity index (χ4n) is 3.23. The number of pyridine rings is 1. The molecule has 0 unspecified atom stereocenters. The van der Waals surface area contributed by atoms with Crippen molar-refractivity contribution in [2.24, 2.45) is 4.99 Å². The molecule has 4 nitrogen and oxygen atoms in total. The summed E-state index contributed by atoms with van der Waals surface area (Å²) >= 11 is 14.1. The van der Waals surface area contributed by atoms with Gasteiger partial charge in [0.25, 0.3) is 0 Å². The van der Waals surface area contributed by atoms with E-state index >= 15 is 0 Å². The number of nitrogens with zero attached hydrogens (tertiary/aromatic N) is 3. The van der Waals surface area contributed by atoms with E-state index in [1.54, 1.807) is 30.1 Å². The van der Waals surface area contributed by atoms with Gasteiger partial charge in [-0.25, -0.2) is 0 Å². The Morgan fingerprint density at radius 2 is 2.00 bits per heavy atom. The van der Waals surface area contributed by atoms with Gasteiger partial charge in [0.1, 0.15) is 6.04 Å². The molecule has 1 fully saturated rings. The third-order valence-electron chi connectivity index (χ3n) is 4.26. The molecule has 7 heteroatoms. The first-order valence-electron chi connectivity index (χ1n) is 7.64. The summed E-state index contributed by atoms with van der Waals surface area (Å²) in [5.74, 6) is -0.0835. The summed E-state index contributed by atoms with van der Waals surface area (Å²) in [6.45, 7) is 3.10. The van der Waals surface area contributed by atoms with Crippen molar-refractivity contribution in [1.82, 2.24) is 9.88 Å². The standard InChI is InChI=1S/C17H15Cl2N3OS/c1-9-8-22-15(10-6-11(18)16(23)12(19)7-10)14(21-17(22)24-9)13-4-2-3-5-20-13/h2-7,9,14-15,23H,8H2,1H3/t9-,14+,15+/m1/s1. The SMILES string of the molecule is C[C@@H]1CN2C(=N[C@@H](c3ccccn3)[C@@H]2c2cc(Cl)c(O)c(Cl)c2)S1. The van der Waals surface area contributed by atoms with Crippen LogP contribution >= 0.6 is 35.0 Å². The molecule has 0 amide bonds. The number of fused-ring (bicyclic) bond motifs is 1. The summed E-state index contributed by atoms with van der Waals surface area (Å²) < 4.78 is 0. The number of halogens is 2. The number of hydrogen-bond acceptors (Lipinski definition) is 5. The maximum atomic E-state index is 9.86. The molecule has 0 bridgehead atoms. The lowest BCUT2D eigenvalue weighted by Gasteiger charge is -2.27. The number of hydrogen-bond donors (Lipinski definition) is 1. The van der Waals surface area contributed by atoms with Crippen molar-refractivity contribution in [2.45, 2.75) is 24.3 Å². The minimum absolute atomic E-state index is 0.0250. The van der Waals surface area contributed by atoms with E-state index in [2.05, 4.69) is 16.8 Å². The van der Waals surface area contributed by atoms with Crippen molar-refractivity contribution >= 4 is 40.1 Å². The lowest BCUT2D eigenvalue weighted by molar-refractivity contribution is 0.321. The van der Waals surface area contributed by atoms with E-state index in [9.17, 15) is 5.11 Å². The highest BCUT2D eigenvalue weighted by Crippen LogP contribution is 2.49. The van der Waals surface area contributed by atoms with Crippen LogP contribution in [0, 0.1) is 0 Å². The Balaban J connectivity index is 1.81. The van der Waals surface area contributed by atoms with Gasteiger partial charge in [0, 0.05) is 18.0 Å². The summed E-state index contributed by atoms with van der Waals surface area (Å²) in [5.41, 5.74) is 1.85. The highest BCUT2D eigenvalue weighted by Gasteiger charge is 2.43. The van der Waals surface area contributed by atoms with Crippen LogP contribution in [0.5, 0.6) is 5.75 Å². The van der Waals surface area contributed by atoms with Gasteiger partial charge in [0.05, 0.1) is 21.8 Å². The van der Waals surface area contributed by atoms with Crippen LogP contribution in [0.3, 0.4) is 0 Å². The van der Waals surface area contributed by atoms with Crippen LogP contribution in [-0.4, -0.2) is 32.0 Å². The number of benzene rings is 1. The largest absolute Gasteiger partial charge is 0.505 e. The quantitative estimate of drug-likeness (QED) is 0.822. The highest BCUT2D eigenvalue weighted by molar-refractivity contribution is 8.14. The van der Waals surface area contributed by atoms with Gasteiger partial charge in [0.2, 0.25) is 0 Å². The highest BCUT2D eigenvalue weighted by atomic mass is 35.5. The number of aliphatic imine (C=N–C) groups is 1. The number of thioether (sulfide) groups is 1. The molecule has 24 heavy (non-hydrogen) atoms. The Hall–Kier alpha value is -1.43. The van der Waals surface area contributed by atoms with Crippen LogP contribution in [0.4, 0.5) is 0 Å². The third-order valence-corrected chi connectivity index (χ3v) is 5.94. The smallest absolute Gasteiger partial charge is 0.160 e. The Bertz CT molecular complexity index is 792. The Labute approximate surface area is 154 Å². The fourth-order valence-corrected chi connectivity index (χ4v) is 4.83. The Morgan fingerprint density at radius 3 is 2.67 bits per heavy atom. The van der Waals surface area contributed by atoms with Gasteiger partial charge in [-0.2, -0.15) is 0 Å². The van der Waals surface area contributed by atoms with Gasteiger partial charge in [-0.15, -0.1) is 0 Å². The predicted octanol–water partition coefficient (Wildman–Crippen LogP) is 4.68. The molecular weight excluding hydrogens is 365 g/mol. The van der Waals surface area contributed by atoms with Crippen LogP contribution in [-0.2, 0) is 0 Å². The average Bonchev–Trinajstić information content (AvgIpc) is 3.08. The molecule has 3 heterocycles. The van der Waals surface area contributed by atoms with Gasteiger partial charge in [-0.05, 0) is 29.8 Å². The van der Waals surface area contributed by atoms with E-state index in [-0.39, 0.29) is 27.9 Å². The number of amidine groups is 1. The molecular formula is C17H15Cl2N3OS. The predicted molar refractivity (Wildman–Crippen MR) is 99.0 cm³/mol. The van der Waals surface area contributed by atoms with Crippen molar-refractivity contribution in [3.63, 3.8) is 0 Å². The van der Waals surface area contributed by atoms with E-state index in [4.69, 9.17) is 28.2 Å². The second-order valence-corrected chi connectivity index (χ2v) is 8.19. The van der Waals surface area contributed by atoms with Gasteiger partial charge in [-0.3, -0.25) is 9.98 Å². The first-order valence-corrected chi connectivity index (χ1v) is 9.28. The van der Waals surface area contributed by atoms with E-state index in [1.807, 2.05) is 18.2 Å². The summed E-state index contributed by atoms with van der Waals surface area (Å²) in [6, 6.07) is 9.26.